The highest BCUT2D eigenvalue weighted by atomic mass is 19.1. The molecule has 0 saturated carbocycles. The Morgan fingerprint density at radius 1 is 0.645 bits per heavy atom. The Morgan fingerprint density at radius 2 is 1.32 bits per heavy atom. The summed E-state index contributed by atoms with van der Waals surface area (Å²) in [4.78, 5) is 0. The summed E-state index contributed by atoms with van der Waals surface area (Å²) in [5.41, 5.74) is 3.13. The van der Waals surface area contributed by atoms with Crippen LogP contribution in [0.4, 0.5) is 10.1 Å². The van der Waals surface area contributed by atoms with Crippen LogP contribution in [0.15, 0.2) is 103 Å². The van der Waals surface area contributed by atoms with Gasteiger partial charge in [-0.2, -0.15) is 0 Å². The average molecular weight is 407 g/mol. The fourth-order valence-corrected chi connectivity index (χ4v) is 3.94. The van der Waals surface area contributed by atoms with Crippen LogP contribution in [-0.2, 0) is 13.2 Å². The van der Waals surface area contributed by atoms with Gasteiger partial charge < -0.3 is 10.1 Å². The standard InChI is InChI=1S/C28H22FNO/c29-23-15-12-20(13-16-23)19-31-28-17-14-22-7-1-3-9-24(22)26(28)18-30-27-11-5-8-21-6-2-4-10-25(21)27/h1-17,30H,18-19H2. The molecular weight excluding hydrogens is 385 g/mol. The molecule has 2 nitrogen and oxygen atoms in total. The molecule has 0 aromatic heterocycles. The van der Waals surface area contributed by atoms with Gasteiger partial charge in [-0.15, -0.1) is 0 Å². The number of halogens is 1. The topological polar surface area (TPSA) is 21.3 Å². The van der Waals surface area contributed by atoms with Crippen LogP contribution in [0.5, 0.6) is 5.75 Å². The second-order valence-electron chi connectivity index (χ2n) is 7.56. The quantitative estimate of drug-likeness (QED) is 0.318. The van der Waals surface area contributed by atoms with Crippen molar-refractivity contribution in [1.29, 1.82) is 0 Å². The van der Waals surface area contributed by atoms with Crippen molar-refractivity contribution in [2.75, 3.05) is 5.32 Å². The molecule has 0 aliphatic carbocycles. The minimum Gasteiger partial charge on any atom is -0.489 e. The van der Waals surface area contributed by atoms with E-state index >= 15 is 0 Å². The fraction of sp³-hybridized carbons (Fsp3) is 0.0714. The monoisotopic (exact) mass is 407 g/mol. The van der Waals surface area contributed by atoms with Gasteiger partial charge in [0.05, 0.1) is 0 Å². The molecule has 5 aromatic carbocycles. The first-order chi connectivity index (χ1) is 15.3. The maximum absolute atomic E-state index is 13.2. The molecule has 5 rings (SSSR count). The van der Waals surface area contributed by atoms with Crippen LogP contribution in [0.3, 0.4) is 0 Å². The first kappa shape index (κ1) is 19.1. The predicted octanol–water partition coefficient (Wildman–Crippen LogP) is 7.32. The van der Waals surface area contributed by atoms with Gasteiger partial charge in [0.15, 0.2) is 0 Å². The average Bonchev–Trinajstić information content (AvgIpc) is 2.82. The molecule has 0 amide bonds. The van der Waals surface area contributed by atoms with E-state index in [2.05, 4.69) is 66.0 Å². The normalized spacial score (nSPS) is 11.0. The Labute approximate surface area is 180 Å². The summed E-state index contributed by atoms with van der Waals surface area (Å²) >= 11 is 0. The Hall–Kier alpha value is -3.85. The van der Waals surface area contributed by atoms with Gasteiger partial charge in [0, 0.05) is 23.2 Å². The van der Waals surface area contributed by atoms with E-state index in [9.17, 15) is 4.39 Å². The Bertz CT molecular complexity index is 1340. The third-order valence-electron chi connectivity index (χ3n) is 5.55. The van der Waals surface area contributed by atoms with Crippen molar-refractivity contribution in [2.24, 2.45) is 0 Å². The summed E-state index contributed by atoms with van der Waals surface area (Å²) in [5, 5.41) is 8.34. The van der Waals surface area contributed by atoms with Crippen molar-refractivity contribution >= 4 is 27.2 Å². The zero-order valence-corrected chi connectivity index (χ0v) is 17.0. The predicted molar refractivity (Wildman–Crippen MR) is 126 cm³/mol. The van der Waals surface area contributed by atoms with E-state index in [0.717, 1.165) is 28.0 Å². The molecule has 0 fully saturated rings. The Morgan fingerprint density at radius 3 is 2.13 bits per heavy atom. The maximum atomic E-state index is 13.2. The third-order valence-corrected chi connectivity index (χ3v) is 5.55. The number of hydrogen-bond donors (Lipinski definition) is 1. The molecule has 0 saturated heterocycles. The van der Waals surface area contributed by atoms with E-state index in [1.165, 1.54) is 28.3 Å². The van der Waals surface area contributed by atoms with E-state index in [-0.39, 0.29) is 5.82 Å². The summed E-state index contributed by atoms with van der Waals surface area (Å²) in [6, 6.07) is 33.5. The molecule has 0 aliphatic rings. The van der Waals surface area contributed by atoms with Crippen LogP contribution in [0, 0.1) is 5.82 Å². The van der Waals surface area contributed by atoms with Crippen molar-refractivity contribution in [2.45, 2.75) is 13.2 Å². The highest BCUT2D eigenvalue weighted by molar-refractivity contribution is 5.94. The largest absolute Gasteiger partial charge is 0.489 e. The van der Waals surface area contributed by atoms with Gasteiger partial charge >= 0.3 is 0 Å². The van der Waals surface area contributed by atoms with E-state index in [1.54, 1.807) is 12.1 Å². The molecule has 0 bridgehead atoms. The molecule has 0 unspecified atom stereocenters. The maximum Gasteiger partial charge on any atom is 0.125 e. The lowest BCUT2D eigenvalue weighted by atomic mass is 10.0. The van der Waals surface area contributed by atoms with Gasteiger partial charge in [0.25, 0.3) is 0 Å². The number of rotatable bonds is 6. The van der Waals surface area contributed by atoms with Crippen molar-refractivity contribution in [3.63, 3.8) is 0 Å². The van der Waals surface area contributed by atoms with E-state index in [4.69, 9.17) is 4.74 Å². The van der Waals surface area contributed by atoms with Crippen molar-refractivity contribution in [3.05, 3.63) is 120 Å². The van der Waals surface area contributed by atoms with Crippen molar-refractivity contribution < 1.29 is 9.13 Å². The van der Waals surface area contributed by atoms with E-state index < -0.39 is 0 Å². The lowest BCUT2D eigenvalue weighted by Gasteiger charge is -2.16. The van der Waals surface area contributed by atoms with Crippen molar-refractivity contribution in [3.8, 4) is 5.75 Å². The molecule has 0 radical (unpaired) electrons. The van der Waals surface area contributed by atoms with Crippen molar-refractivity contribution in [1.82, 2.24) is 0 Å². The number of fused-ring (bicyclic) bond motifs is 2. The number of anilines is 1. The molecule has 0 atom stereocenters. The highest BCUT2D eigenvalue weighted by Crippen LogP contribution is 2.31. The molecule has 0 spiro atoms. The second kappa shape index (κ2) is 8.49. The number of hydrogen-bond acceptors (Lipinski definition) is 2. The zero-order valence-electron chi connectivity index (χ0n) is 17.0. The van der Waals surface area contributed by atoms with Gasteiger partial charge in [0.1, 0.15) is 18.2 Å². The zero-order chi connectivity index (χ0) is 21.0. The molecule has 5 aromatic rings. The summed E-state index contributed by atoms with van der Waals surface area (Å²) in [7, 11) is 0. The molecule has 152 valence electrons. The van der Waals surface area contributed by atoms with Gasteiger partial charge in [-0.3, -0.25) is 0 Å². The van der Waals surface area contributed by atoms with Gasteiger partial charge in [0.2, 0.25) is 0 Å². The number of ether oxygens (including phenoxy) is 1. The van der Waals surface area contributed by atoms with Crippen LogP contribution in [0.2, 0.25) is 0 Å². The highest BCUT2D eigenvalue weighted by Gasteiger charge is 2.10. The molecule has 31 heavy (non-hydrogen) atoms. The van der Waals surface area contributed by atoms with Gasteiger partial charge in [-0.25, -0.2) is 4.39 Å². The van der Waals surface area contributed by atoms with Crippen LogP contribution < -0.4 is 10.1 Å². The number of nitrogens with one attached hydrogen (secondary N) is 1. The van der Waals surface area contributed by atoms with Crippen LogP contribution in [0.25, 0.3) is 21.5 Å². The van der Waals surface area contributed by atoms with Crippen LogP contribution >= 0.6 is 0 Å². The third kappa shape index (κ3) is 4.08. The SMILES string of the molecule is Fc1ccc(COc2ccc3ccccc3c2CNc2cccc3ccccc23)cc1. The van der Waals surface area contributed by atoms with Gasteiger partial charge in [-0.1, -0.05) is 78.9 Å². The first-order valence-corrected chi connectivity index (χ1v) is 10.4. The molecule has 1 N–H and O–H groups in total. The molecule has 0 aliphatic heterocycles. The van der Waals surface area contributed by atoms with Gasteiger partial charge in [-0.05, 0) is 46.0 Å². The minimum atomic E-state index is -0.241. The first-order valence-electron chi connectivity index (χ1n) is 10.4. The van der Waals surface area contributed by atoms with E-state index in [0.29, 0.717) is 13.2 Å². The lowest BCUT2D eigenvalue weighted by Crippen LogP contribution is -2.05. The summed E-state index contributed by atoms with van der Waals surface area (Å²) in [6.07, 6.45) is 0. The smallest absolute Gasteiger partial charge is 0.125 e. The lowest BCUT2D eigenvalue weighted by molar-refractivity contribution is 0.303. The van der Waals surface area contributed by atoms with Crippen LogP contribution in [-0.4, -0.2) is 0 Å². The summed E-state index contributed by atoms with van der Waals surface area (Å²) in [5.74, 6) is 0.588. The minimum absolute atomic E-state index is 0.241. The fourth-order valence-electron chi connectivity index (χ4n) is 3.94. The van der Waals surface area contributed by atoms with E-state index in [1.807, 2.05) is 18.2 Å². The Balaban J connectivity index is 1.46. The number of benzene rings is 5. The molecule has 3 heteroatoms. The van der Waals surface area contributed by atoms with Crippen LogP contribution in [0.1, 0.15) is 11.1 Å². The summed E-state index contributed by atoms with van der Waals surface area (Å²) in [6.45, 7) is 1.02. The Kier molecular flexibility index (Phi) is 5.24. The second-order valence-corrected chi connectivity index (χ2v) is 7.56. The molecule has 0 heterocycles. The summed E-state index contributed by atoms with van der Waals surface area (Å²) < 4.78 is 19.4. The molecular formula is C28H22FNO.